The topological polar surface area (TPSA) is 55.8 Å². The summed E-state index contributed by atoms with van der Waals surface area (Å²) in [5.74, 6) is -0.421. The van der Waals surface area contributed by atoms with Crippen molar-refractivity contribution in [2.45, 2.75) is 45.6 Å². The van der Waals surface area contributed by atoms with Gasteiger partial charge in [0.1, 0.15) is 6.04 Å². The molecule has 0 spiro atoms. The van der Waals surface area contributed by atoms with Gasteiger partial charge in [-0.3, -0.25) is 4.90 Å². The Morgan fingerprint density at radius 2 is 2.00 bits per heavy atom. The van der Waals surface area contributed by atoms with Crippen molar-refractivity contribution in [2.75, 3.05) is 13.7 Å². The summed E-state index contributed by atoms with van der Waals surface area (Å²) >= 11 is 0. The fourth-order valence-electron chi connectivity index (χ4n) is 1.29. The molecule has 5 nitrogen and oxygen atoms in total. The van der Waals surface area contributed by atoms with Crippen LogP contribution in [-0.4, -0.2) is 36.7 Å². The molecule has 18 heavy (non-hydrogen) atoms. The third kappa shape index (κ3) is 6.27. The number of likely N-dealkylation sites (N-methyl/N-ethyl adjacent to an activating group) is 1. The van der Waals surface area contributed by atoms with Crippen molar-refractivity contribution >= 4 is 12.1 Å². The van der Waals surface area contributed by atoms with Crippen molar-refractivity contribution in [3.63, 3.8) is 0 Å². The average Bonchev–Trinajstić information content (AvgIpc) is 2.36. The molecule has 5 heteroatoms. The van der Waals surface area contributed by atoms with E-state index in [2.05, 4.69) is 18.2 Å². The molecule has 1 atom stereocenters. The zero-order valence-corrected chi connectivity index (χ0v) is 11.5. The molecule has 0 radical (unpaired) electrons. The largest absolute Gasteiger partial charge is 0.464 e. The van der Waals surface area contributed by atoms with Gasteiger partial charge >= 0.3 is 12.1 Å². The van der Waals surface area contributed by atoms with E-state index in [-0.39, 0.29) is 0 Å². The number of nitrogens with zero attached hydrogens (tertiary/aromatic N) is 1. The Labute approximate surface area is 109 Å². The molecule has 0 bridgehead atoms. The second kappa shape index (κ2) is 9.50. The SMILES string of the molecule is C=COC(=O)N(C)C(C)C(=O)OCCCCCC. The summed E-state index contributed by atoms with van der Waals surface area (Å²) in [6.45, 7) is 7.39. The van der Waals surface area contributed by atoms with Gasteiger partial charge in [-0.15, -0.1) is 0 Å². The smallest absolute Gasteiger partial charge is 0.415 e. The van der Waals surface area contributed by atoms with Crippen molar-refractivity contribution in [3.05, 3.63) is 12.8 Å². The normalized spacial score (nSPS) is 11.5. The van der Waals surface area contributed by atoms with E-state index in [0.717, 1.165) is 31.9 Å². The van der Waals surface area contributed by atoms with Crippen LogP contribution in [-0.2, 0) is 14.3 Å². The van der Waals surface area contributed by atoms with Gasteiger partial charge in [-0.2, -0.15) is 0 Å². The van der Waals surface area contributed by atoms with Gasteiger partial charge in [0.15, 0.2) is 0 Å². The first kappa shape index (κ1) is 16.5. The average molecular weight is 257 g/mol. The van der Waals surface area contributed by atoms with Crippen LogP contribution in [0.25, 0.3) is 0 Å². The molecule has 104 valence electrons. The highest BCUT2D eigenvalue weighted by atomic mass is 16.6. The Bertz CT molecular complexity index is 278. The van der Waals surface area contributed by atoms with Crippen molar-refractivity contribution in [3.8, 4) is 0 Å². The maximum absolute atomic E-state index is 11.6. The van der Waals surface area contributed by atoms with Crippen LogP contribution in [0.2, 0.25) is 0 Å². The van der Waals surface area contributed by atoms with Gasteiger partial charge in [-0.05, 0) is 13.3 Å². The molecule has 1 amide bonds. The molecule has 0 rings (SSSR count). The van der Waals surface area contributed by atoms with E-state index >= 15 is 0 Å². The molecule has 0 saturated heterocycles. The summed E-state index contributed by atoms with van der Waals surface area (Å²) in [7, 11) is 1.48. The predicted molar refractivity (Wildman–Crippen MR) is 69.0 cm³/mol. The summed E-state index contributed by atoms with van der Waals surface area (Å²) in [6, 6.07) is -0.663. The van der Waals surface area contributed by atoms with Crippen molar-refractivity contribution in [2.24, 2.45) is 0 Å². The van der Waals surface area contributed by atoms with Crippen LogP contribution in [0.5, 0.6) is 0 Å². The fourth-order valence-corrected chi connectivity index (χ4v) is 1.29. The van der Waals surface area contributed by atoms with Gasteiger partial charge in [0.2, 0.25) is 0 Å². The quantitative estimate of drug-likeness (QED) is 0.381. The highest BCUT2D eigenvalue weighted by molar-refractivity contribution is 5.80. The first-order valence-electron chi connectivity index (χ1n) is 6.25. The zero-order valence-electron chi connectivity index (χ0n) is 11.5. The predicted octanol–water partition coefficient (Wildman–Crippen LogP) is 2.71. The van der Waals surface area contributed by atoms with Crippen LogP contribution >= 0.6 is 0 Å². The van der Waals surface area contributed by atoms with E-state index in [4.69, 9.17) is 4.74 Å². The Hall–Kier alpha value is -1.52. The maximum atomic E-state index is 11.6. The summed E-state index contributed by atoms with van der Waals surface area (Å²) in [5, 5.41) is 0. The Kier molecular flexibility index (Phi) is 8.70. The molecule has 0 fully saturated rings. The standard InChI is InChI=1S/C13H23NO4/c1-5-7-8-9-10-18-12(15)11(3)14(4)13(16)17-6-2/h6,11H,2,5,7-10H2,1,3-4H3. The van der Waals surface area contributed by atoms with E-state index in [1.807, 2.05) is 0 Å². The van der Waals surface area contributed by atoms with Crippen molar-refractivity contribution < 1.29 is 19.1 Å². The summed E-state index contributed by atoms with van der Waals surface area (Å²) in [5.41, 5.74) is 0. The van der Waals surface area contributed by atoms with Crippen molar-refractivity contribution in [1.82, 2.24) is 4.90 Å². The van der Waals surface area contributed by atoms with Crippen molar-refractivity contribution in [1.29, 1.82) is 0 Å². The number of unbranched alkanes of at least 4 members (excludes halogenated alkanes) is 3. The summed E-state index contributed by atoms with van der Waals surface area (Å²) < 4.78 is 9.66. The monoisotopic (exact) mass is 257 g/mol. The molecule has 0 heterocycles. The molecular formula is C13H23NO4. The number of esters is 1. The molecule has 0 aliphatic heterocycles. The lowest BCUT2D eigenvalue weighted by Gasteiger charge is -2.21. The number of carbonyl (C=O) groups is 2. The van der Waals surface area contributed by atoms with E-state index in [0.29, 0.717) is 6.61 Å². The first-order chi connectivity index (χ1) is 8.54. The minimum Gasteiger partial charge on any atom is -0.464 e. The number of hydrogen-bond acceptors (Lipinski definition) is 4. The molecule has 0 aromatic carbocycles. The number of amides is 1. The van der Waals surface area contributed by atoms with E-state index in [1.54, 1.807) is 6.92 Å². The van der Waals surface area contributed by atoms with E-state index < -0.39 is 18.1 Å². The van der Waals surface area contributed by atoms with Crippen LogP contribution in [0, 0.1) is 0 Å². The van der Waals surface area contributed by atoms with Crippen LogP contribution in [0.3, 0.4) is 0 Å². The fraction of sp³-hybridized carbons (Fsp3) is 0.692. The first-order valence-corrected chi connectivity index (χ1v) is 6.25. The van der Waals surface area contributed by atoms with Crippen LogP contribution in [0.15, 0.2) is 12.8 Å². The van der Waals surface area contributed by atoms with Crippen LogP contribution in [0.1, 0.15) is 39.5 Å². The lowest BCUT2D eigenvalue weighted by molar-refractivity contribution is -0.148. The van der Waals surface area contributed by atoms with Crippen LogP contribution < -0.4 is 0 Å². The highest BCUT2D eigenvalue weighted by Gasteiger charge is 2.24. The third-order valence-corrected chi connectivity index (χ3v) is 2.64. The minimum absolute atomic E-state index is 0.396. The van der Waals surface area contributed by atoms with Gasteiger partial charge in [0.05, 0.1) is 12.9 Å². The maximum Gasteiger partial charge on any atom is 0.415 e. The van der Waals surface area contributed by atoms with Gasteiger partial charge in [-0.25, -0.2) is 9.59 Å². The lowest BCUT2D eigenvalue weighted by Crippen LogP contribution is -2.41. The van der Waals surface area contributed by atoms with Gasteiger partial charge in [-0.1, -0.05) is 32.8 Å². The zero-order chi connectivity index (χ0) is 14.0. The number of rotatable bonds is 8. The molecule has 0 aliphatic rings. The molecule has 1 unspecified atom stereocenters. The molecular weight excluding hydrogens is 234 g/mol. The van der Waals surface area contributed by atoms with E-state index in [9.17, 15) is 9.59 Å². The number of ether oxygens (including phenoxy) is 2. The Balaban J connectivity index is 3.94. The highest BCUT2D eigenvalue weighted by Crippen LogP contribution is 2.04. The molecule has 0 aromatic heterocycles. The van der Waals surface area contributed by atoms with Gasteiger partial charge in [0, 0.05) is 7.05 Å². The summed E-state index contributed by atoms with van der Waals surface area (Å²) in [6.07, 6.45) is 4.58. The van der Waals surface area contributed by atoms with Crippen LogP contribution in [0.4, 0.5) is 4.79 Å². The second-order valence-corrected chi connectivity index (χ2v) is 4.07. The Morgan fingerprint density at radius 1 is 1.33 bits per heavy atom. The molecule has 0 N–H and O–H groups in total. The second-order valence-electron chi connectivity index (χ2n) is 4.07. The van der Waals surface area contributed by atoms with E-state index in [1.165, 1.54) is 11.9 Å². The number of hydrogen-bond donors (Lipinski definition) is 0. The van der Waals surface area contributed by atoms with Gasteiger partial charge < -0.3 is 9.47 Å². The minimum atomic E-state index is -0.663. The van der Waals surface area contributed by atoms with Gasteiger partial charge in [0.25, 0.3) is 0 Å². The molecule has 0 aromatic rings. The summed E-state index contributed by atoms with van der Waals surface area (Å²) in [4.78, 5) is 24.1. The lowest BCUT2D eigenvalue weighted by atomic mass is 10.2. The Morgan fingerprint density at radius 3 is 2.56 bits per heavy atom. The number of carbonyl (C=O) groups excluding carboxylic acids is 2. The molecule has 0 aliphatic carbocycles. The third-order valence-electron chi connectivity index (χ3n) is 2.64. The molecule has 0 saturated carbocycles.